The first kappa shape index (κ1) is 12.0. The lowest BCUT2D eigenvalue weighted by atomic mass is 9.99. The van der Waals surface area contributed by atoms with Crippen molar-refractivity contribution in [2.24, 2.45) is 5.73 Å². The van der Waals surface area contributed by atoms with Gasteiger partial charge in [-0.1, -0.05) is 13.0 Å². The van der Waals surface area contributed by atoms with Crippen LogP contribution >= 0.6 is 0 Å². The molecule has 4 heteroatoms. The van der Waals surface area contributed by atoms with Crippen LogP contribution in [-0.4, -0.2) is 26.9 Å². The van der Waals surface area contributed by atoms with Crippen molar-refractivity contribution in [3.05, 3.63) is 17.7 Å². The van der Waals surface area contributed by atoms with E-state index in [2.05, 4.69) is 6.92 Å². The molecule has 94 valence electrons. The number of fused-ring (bicyclic) bond motifs is 1. The van der Waals surface area contributed by atoms with Crippen LogP contribution in [0.4, 0.5) is 0 Å². The summed E-state index contributed by atoms with van der Waals surface area (Å²) in [5.74, 6) is 2.46. The minimum Gasteiger partial charge on any atom is -0.492 e. The topological polar surface area (TPSA) is 53.7 Å². The van der Waals surface area contributed by atoms with Gasteiger partial charge in [-0.05, 0) is 18.5 Å². The highest BCUT2D eigenvalue weighted by atomic mass is 16.5. The van der Waals surface area contributed by atoms with Crippen LogP contribution in [0.15, 0.2) is 12.1 Å². The van der Waals surface area contributed by atoms with E-state index < -0.39 is 0 Å². The van der Waals surface area contributed by atoms with Crippen LogP contribution in [0.3, 0.4) is 0 Å². The maximum Gasteiger partial charge on any atom is 0.203 e. The van der Waals surface area contributed by atoms with Crippen molar-refractivity contribution in [2.45, 2.75) is 19.3 Å². The molecule has 0 aliphatic carbocycles. The van der Waals surface area contributed by atoms with Crippen molar-refractivity contribution in [3.8, 4) is 17.2 Å². The van der Waals surface area contributed by atoms with E-state index in [0.29, 0.717) is 25.5 Å². The third kappa shape index (κ3) is 2.31. The normalized spacial score (nSPS) is 16.2. The van der Waals surface area contributed by atoms with E-state index in [1.807, 2.05) is 12.1 Å². The number of methoxy groups -OCH3 is 1. The average molecular weight is 237 g/mol. The molecule has 2 N–H and O–H groups in total. The van der Waals surface area contributed by atoms with Crippen molar-refractivity contribution in [2.75, 3.05) is 26.9 Å². The van der Waals surface area contributed by atoms with E-state index in [4.69, 9.17) is 19.9 Å². The molecule has 0 spiro atoms. The Bertz CT molecular complexity index is 392. The Morgan fingerprint density at radius 1 is 1.35 bits per heavy atom. The molecule has 1 aliphatic rings. The van der Waals surface area contributed by atoms with Gasteiger partial charge in [0.1, 0.15) is 0 Å². The zero-order chi connectivity index (χ0) is 12.3. The molecule has 1 aromatic carbocycles. The molecule has 1 unspecified atom stereocenters. The van der Waals surface area contributed by atoms with Gasteiger partial charge in [0.2, 0.25) is 5.75 Å². The Kier molecular flexibility index (Phi) is 3.74. The van der Waals surface area contributed by atoms with E-state index in [1.165, 1.54) is 0 Å². The largest absolute Gasteiger partial charge is 0.492 e. The molecule has 1 atom stereocenters. The van der Waals surface area contributed by atoms with Gasteiger partial charge in [0.05, 0.1) is 20.3 Å². The lowest BCUT2D eigenvalue weighted by molar-refractivity contribution is 0.288. The first-order valence-corrected chi connectivity index (χ1v) is 5.94. The molecule has 0 fully saturated rings. The Morgan fingerprint density at radius 3 is 2.82 bits per heavy atom. The summed E-state index contributed by atoms with van der Waals surface area (Å²) >= 11 is 0. The van der Waals surface area contributed by atoms with Crippen LogP contribution in [0.5, 0.6) is 17.2 Å². The Labute approximate surface area is 102 Å². The molecule has 0 aromatic heterocycles. The molecule has 2 rings (SSSR count). The Morgan fingerprint density at radius 2 is 2.12 bits per heavy atom. The fraction of sp³-hybridized carbons (Fsp3) is 0.538. The third-order valence-electron chi connectivity index (χ3n) is 2.99. The second kappa shape index (κ2) is 5.27. The van der Waals surface area contributed by atoms with Gasteiger partial charge < -0.3 is 19.9 Å². The number of ether oxygens (including phenoxy) is 3. The molecular formula is C13H19NO3. The maximum absolute atomic E-state index is 5.71. The minimum absolute atomic E-state index is 0.238. The SMILES string of the molecule is COc1c(C(C)CN)ccc2c1OCCCO2. The molecule has 0 saturated heterocycles. The summed E-state index contributed by atoms with van der Waals surface area (Å²) < 4.78 is 16.8. The smallest absolute Gasteiger partial charge is 0.203 e. The van der Waals surface area contributed by atoms with Crippen LogP contribution in [0, 0.1) is 0 Å². The lowest BCUT2D eigenvalue weighted by Gasteiger charge is -2.18. The van der Waals surface area contributed by atoms with E-state index in [1.54, 1.807) is 7.11 Å². The Hall–Kier alpha value is -1.42. The number of hydrogen-bond donors (Lipinski definition) is 1. The van der Waals surface area contributed by atoms with Gasteiger partial charge >= 0.3 is 0 Å². The highest BCUT2D eigenvalue weighted by Gasteiger charge is 2.21. The van der Waals surface area contributed by atoms with Crippen LogP contribution in [0.25, 0.3) is 0 Å². The zero-order valence-electron chi connectivity index (χ0n) is 10.4. The standard InChI is InChI=1S/C13H19NO3/c1-9(8-14)10-4-5-11-13(12(10)15-2)17-7-3-6-16-11/h4-5,9H,3,6-8,14H2,1-2H3. The summed E-state index contributed by atoms with van der Waals surface area (Å²) in [5, 5.41) is 0. The highest BCUT2D eigenvalue weighted by Crippen LogP contribution is 2.43. The first-order chi connectivity index (χ1) is 8.27. The van der Waals surface area contributed by atoms with Gasteiger partial charge in [-0.15, -0.1) is 0 Å². The molecule has 1 aromatic rings. The van der Waals surface area contributed by atoms with Gasteiger partial charge in [-0.3, -0.25) is 0 Å². The van der Waals surface area contributed by atoms with Crippen LogP contribution < -0.4 is 19.9 Å². The number of hydrogen-bond acceptors (Lipinski definition) is 4. The number of rotatable bonds is 3. The van der Waals surface area contributed by atoms with Crippen LogP contribution in [0.2, 0.25) is 0 Å². The highest BCUT2D eigenvalue weighted by molar-refractivity contribution is 5.57. The summed E-state index contributed by atoms with van der Waals surface area (Å²) in [4.78, 5) is 0. The van der Waals surface area contributed by atoms with Gasteiger partial charge in [0.25, 0.3) is 0 Å². The van der Waals surface area contributed by atoms with E-state index in [0.717, 1.165) is 23.5 Å². The second-order valence-electron chi connectivity index (χ2n) is 4.20. The van der Waals surface area contributed by atoms with E-state index >= 15 is 0 Å². The molecule has 0 bridgehead atoms. The van der Waals surface area contributed by atoms with Crippen molar-refractivity contribution in [1.29, 1.82) is 0 Å². The van der Waals surface area contributed by atoms with Crippen LogP contribution in [0.1, 0.15) is 24.8 Å². The minimum atomic E-state index is 0.238. The summed E-state index contributed by atoms with van der Waals surface area (Å²) in [7, 11) is 1.65. The molecule has 17 heavy (non-hydrogen) atoms. The lowest BCUT2D eigenvalue weighted by Crippen LogP contribution is -2.10. The second-order valence-corrected chi connectivity index (χ2v) is 4.20. The third-order valence-corrected chi connectivity index (χ3v) is 2.99. The van der Waals surface area contributed by atoms with Gasteiger partial charge in [0, 0.05) is 12.0 Å². The summed E-state index contributed by atoms with van der Waals surface area (Å²) in [6.07, 6.45) is 0.889. The predicted molar refractivity (Wildman–Crippen MR) is 66.1 cm³/mol. The predicted octanol–water partition coefficient (Wildman–Crippen LogP) is 1.92. The molecule has 4 nitrogen and oxygen atoms in total. The van der Waals surface area contributed by atoms with Gasteiger partial charge in [-0.25, -0.2) is 0 Å². The summed E-state index contributed by atoms with van der Waals surface area (Å²) in [5.41, 5.74) is 6.78. The van der Waals surface area contributed by atoms with E-state index in [9.17, 15) is 0 Å². The molecule has 0 radical (unpaired) electrons. The van der Waals surface area contributed by atoms with Crippen LogP contribution in [-0.2, 0) is 0 Å². The molecule has 0 saturated carbocycles. The summed E-state index contributed by atoms with van der Waals surface area (Å²) in [6, 6.07) is 3.94. The monoisotopic (exact) mass is 237 g/mol. The molecule has 1 heterocycles. The zero-order valence-corrected chi connectivity index (χ0v) is 10.4. The van der Waals surface area contributed by atoms with Crippen molar-refractivity contribution in [1.82, 2.24) is 0 Å². The number of nitrogens with two attached hydrogens (primary N) is 1. The summed E-state index contributed by atoms with van der Waals surface area (Å²) in [6.45, 7) is 3.99. The molecule has 1 aliphatic heterocycles. The molecule has 0 amide bonds. The maximum atomic E-state index is 5.71. The Balaban J connectivity index is 2.46. The first-order valence-electron chi connectivity index (χ1n) is 5.94. The van der Waals surface area contributed by atoms with Crippen molar-refractivity contribution >= 4 is 0 Å². The van der Waals surface area contributed by atoms with Crippen molar-refractivity contribution < 1.29 is 14.2 Å². The fourth-order valence-corrected chi connectivity index (χ4v) is 1.95. The fourth-order valence-electron chi connectivity index (χ4n) is 1.95. The quantitative estimate of drug-likeness (QED) is 0.872. The molecular weight excluding hydrogens is 218 g/mol. The van der Waals surface area contributed by atoms with Gasteiger partial charge in [-0.2, -0.15) is 0 Å². The van der Waals surface area contributed by atoms with Gasteiger partial charge in [0.15, 0.2) is 11.5 Å². The van der Waals surface area contributed by atoms with E-state index in [-0.39, 0.29) is 5.92 Å². The number of benzene rings is 1. The van der Waals surface area contributed by atoms with Crippen molar-refractivity contribution in [3.63, 3.8) is 0 Å². The average Bonchev–Trinajstić information content (AvgIpc) is 2.61.